The number of benzene rings is 2. The van der Waals surface area contributed by atoms with Crippen molar-refractivity contribution in [3.63, 3.8) is 0 Å². The van der Waals surface area contributed by atoms with Crippen LogP contribution in [0.1, 0.15) is 11.1 Å². The Morgan fingerprint density at radius 3 is 2.12 bits per heavy atom. The SMILES string of the molecule is Cc1ccc(-c2nnc3c(c(-c4ccccc4)nn3C)c2C)cc1. The van der Waals surface area contributed by atoms with Gasteiger partial charge in [0.1, 0.15) is 5.69 Å². The van der Waals surface area contributed by atoms with Crippen molar-refractivity contribution in [3.05, 3.63) is 65.7 Å². The van der Waals surface area contributed by atoms with Gasteiger partial charge in [-0.1, -0.05) is 60.2 Å². The van der Waals surface area contributed by atoms with E-state index in [4.69, 9.17) is 0 Å². The normalized spacial score (nSPS) is 11.1. The molecule has 24 heavy (non-hydrogen) atoms. The first kappa shape index (κ1) is 14.6. The predicted molar refractivity (Wildman–Crippen MR) is 96.7 cm³/mol. The lowest BCUT2D eigenvalue weighted by Gasteiger charge is -2.07. The van der Waals surface area contributed by atoms with Crippen molar-refractivity contribution in [3.8, 4) is 22.5 Å². The summed E-state index contributed by atoms with van der Waals surface area (Å²) in [6, 6.07) is 18.6. The molecule has 0 saturated heterocycles. The molecule has 0 aliphatic carbocycles. The van der Waals surface area contributed by atoms with Crippen LogP contribution >= 0.6 is 0 Å². The minimum absolute atomic E-state index is 0.808. The molecule has 0 atom stereocenters. The Hall–Kier alpha value is -3.01. The Bertz CT molecular complexity index is 1020. The van der Waals surface area contributed by atoms with Crippen LogP contribution in [0.4, 0.5) is 0 Å². The molecular weight excluding hydrogens is 296 g/mol. The van der Waals surface area contributed by atoms with E-state index >= 15 is 0 Å². The number of hydrogen-bond acceptors (Lipinski definition) is 3. The summed E-state index contributed by atoms with van der Waals surface area (Å²) < 4.78 is 1.80. The predicted octanol–water partition coefficient (Wildman–Crippen LogP) is 4.31. The molecule has 0 amide bonds. The highest BCUT2D eigenvalue weighted by Crippen LogP contribution is 2.33. The lowest BCUT2D eigenvalue weighted by molar-refractivity contribution is 0.781. The maximum Gasteiger partial charge on any atom is 0.181 e. The Kier molecular flexibility index (Phi) is 3.38. The van der Waals surface area contributed by atoms with E-state index in [-0.39, 0.29) is 0 Å². The summed E-state index contributed by atoms with van der Waals surface area (Å²) in [5.41, 5.74) is 7.18. The van der Waals surface area contributed by atoms with Crippen LogP contribution in [0.15, 0.2) is 54.6 Å². The van der Waals surface area contributed by atoms with Crippen molar-refractivity contribution in [1.82, 2.24) is 20.0 Å². The molecular formula is C20H18N4. The summed E-state index contributed by atoms with van der Waals surface area (Å²) in [4.78, 5) is 0. The lowest BCUT2D eigenvalue weighted by Crippen LogP contribution is -1.97. The number of aromatic nitrogens is 4. The molecule has 0 N–H and O–H groups in total. The first-order valence-corrected chi connectivity index (χ1v) is 7.97. The van der Waals surface area contributed by atoms with E-state index in [2.05, 4.69) is 65.5 Å². The van der Waals surface area contributed by atoms with Crippen LogP contribution in [-0.4, -0.2) is 20.0 Å². The Morgan fingerprint density at radius 2 is 1.42 bits per heavy atom. The van der Waals surface area contributed by atoms with Crippen molar-refractivity contribution < 1.29 is 0 Å². The minimum Gasteiger partial charge on any atom is -0.248 e. The van der Waals surface area contributed by atoms with Gasteiger partial charge in [-0.2, -0.15) is 5.10 Å². The second-order valence-corrected chi connectivity index (χ2v) is 6.08. The molecule has 0 spiro atoms. The summed E-state index contributed by atoms with van der Waals surface area (Å²) in [6.07, 6.45) is 0. The van der Waals surface area contributed by atoms with Gasteiger partial charge in [-0.05, 0) is 19.4 Å². The molecule has 4 aromatic rings. The summed E-state index contributed by atoms with van der Waals surface area (Å²) >= 11 is 0. The van der Waals surface area contributed by atoms with Crippen molar-refractivity contribution in [2.45, 2.75) is 13.8 Å². The van der Waals surface area contributed by atoms with Crippen molar-refractivity contribution in [2.24, 2.45) is 7.05 Å². The zero-order chi connectivity index (χ0) is 16.7. The Balaban J connectivity index is 2.00. The zero-order valence-electron chi connectivity index (χ0n) is 14.0. The van der Waals surface area contributed by atoms with E-state index < -0.39 is 0 Å². The van der Waals surface area contributed by atoms with E-state index in [1.165, 1.54) is 5.56 Å². The zero-order valence-corrected chi connectivity index (χ0v) is 14.0. The maximum atomic E-state index is 4.68. The molecule has 0 aliphatic heterocycles. The van der Waals surface area contributed by atoms with Crippen LogP contribution in [0.5, 0.6) is 0 Å². The molecule has 0 saturated carbocycles. The molecule has 0 bridgehead atoms. The number of hydrogen-bond donors (Lipinski definition) is 0. The van der Waals surface area contributed by atoms with Gasteiger partial charge >= 0.3 is 0 Å². The van der Waals surface area contributed by atoms with Crippen LogP contribution in [0, 0.1) is 13.8 Å². The van der Waals surface area contributed by atoms with E-state index in [0.29, 0.717) is 0 Å². The molecule has 4 rings (SSSR count). The number of rotatable bonds is 2. The first-order valence-electron chi connectivity index (χ1n) is 7.97. The van der Waals surface area contributed by atoms with Crippen LogP contribution in [0.25, 0.3) is 33.5 Å². The third kappa shape index (κ3) is 2.27. The second kappa shape index (κ2) is 5.57. The highest BCUT2D eigenvalue weighted by atomic mass is 15.3. The Labute approximate surface area is 140 Å². The van der Waals surface area contributed by atoms with Crippen molar-refractivity contribution >= 4 is 11.0 Å². The van der Waals surface area contributed by atoms with Crippen LogP contribution < -0.4 is 0 Å². The van der Waals surface area contributed by atoms with E-state index in [0.717, 1.165) is 39.1 Å². The smallest absolute Gasteiger partial charge is 0.181 e. The molecule has 2 heterocycles. The third-order valence-corrected chi connectivity index (χ3v) is 4.36. The summed E-state index contributed by atoms with van der Waals surface area (Å²) in [5.74, 6) is 0. The molecule has 118 valence electrons. The highest BCUT2D eigenvalue weighted by molar-refractivity contribution is 5.96. The van der Waals surface area contributed by atoms with E-state index in [9.17, 15) is 0 Å². The first-order chi connectivity index (χ1) is 11.6. The highest BCUT2D eigenvalue weighted by Gasteiger charge is 2.18. The quantitative estimate of drug-likeness (QED) is 0.553. The fraction of sp³-hybridized carbons (Fsp3) is 0.150. The average Bonchev–Trinajstić information content (AvgIpc) is 2.95. The van der Waals surface area contributed by atoms with Gasteiger partial charge in [-0.15, -0.1) is 10.2 Å². The number of fused-ring (bicyclic) bond motifs is 1. The minimum atomic E-state index is 0.808. The molecule has 0 fully saturated rings. The van der Waals surface area contributed by atoms with Gasteiger partial charge in [0.2, 0.25) is 0 Å². The molecule has 0 unspecified atom stereocenters. The average molecular weight is 314 g/mol. The summed E-state index contributed by atoms with van der Waals surface area (Å²) in [5, 5.41) is 14.6. The van der Waals surface area contributed by atoms with Gasteiger partial charge in [-0.3, -0.25) is 0 Å². The van der Waals surface area contributed by atoms with E-state index in [1.54, 1.807) is 4.68 Å². The number of nitrogens with zero attached hydrogens (tertiary/aromatic N) is 4. The van der Waals surface area contributed by atoms with Gasteiger partial charge in [0, 0.05) is 18.2 Å². The Morgan fingerprint density at radius 1 is 0.750 bits per heavy atom. The van der Waals surface area contributed by atoms with Gasteiger partial charge in [0.25, 0.3) is 0 Å². The standard InChI is InChI=1S/C20H18N4/c1-13-9-11-16(12-10-13)18-14(2)17-19(15-7-5-4-6-8-15)23-24(3)20(17)22-21-18/h4-12H,1-3H3. The fourth-order valence-corrected chi connectivity index (χ4v) is 3.05. The molecule has 0 aliphatic rings. The molecule has 4 nitrogen and oxygen atoms in total. The van der Waals surface area contributed by atoms with Gasteiger partial charge in [0.15, 0.2) is 5.65 Å². The monoisotopic (exact) mass is 314 g/mol. The van der Waals surface area contributed by atoms with Crippen LogP contribution in [0.3, 0.4) is 0 Å². The lowest BCUT2D eigenvalue weighted by atomic mass is 10.0. The second-order valence-electron chi connectivity index (χ2n) is 6.08. The van der Waals surface area contributed by atoms with Crippen molar-refractivity contribution in [2.75, 3.05) is 0 Å². The molecule has 0 radical (unpaired) electrons. The summed E-state index contributed by atoms with van der Waals surface area (Å²) in [6.45, 7) is 4.18. The molecule has 4 heteroatoms. The van der Waals surface area contributed by atoms with Crippen molar-refractivity contribution in [1.29, 1.82) is 0 Å². The largest absolute Gasteiger partial charge is 0.248 e. The summed E-state index contributed by atoms with van der Waals surface area (Å²) in [7, 11) is 1.91. The van der Waals surface area contributed by atoms with Crippen LogP contribution in [-0.2, 0) is 7.05 Å². The van der Waals surface area contributed by atoms with E-state index in [1.807, 2.05) is 25.2 Å². The molecule has 2 aromatic carbocycles. The van der Waals surface area contributed by atoms with Gasteiger partial charge < -0.3 is 0 Å². The fourth-order valence-electron chi connectivity index (χ4n) is 3.05. The maximum absolute atomic E-state index is 4.68. The van der Waals surface area contributed by atoms with Gasteiger partial charge in [-0.25, -0.2) is 4.68 Å². The third-order valence-electron chi connectivity index (χ3n) is 4.36. The number of aryl methyl sites for hydroxylation is 3. The molecule has 2 aromatic heterocycles. The topological polar surface area (TPSA) is 43.6 Å². The van der Waals surface area contributed by atoms with Crippen LogP contribution in [0.2, 0.25) is 0 Å². The van der Waals surface area contributed by atoms with Gasteiger partial charge in [0.05, 0.1) is 11.1 Å².